The molecule has 0 atom stereocenters. The second-order valence-electron chi connectivity index (χ2n) is 4.22. The molecule has 20 heavy (non-hydrogen) atoms. The van der Waals surface area contributed by atoms with E-state index in [1.165, 1.54) is 0 Å². The minimum atomic E-state index is -3.99. The zero-order chi connectivity index (χ0) is 15.1. The van der Waals surface area contributed by atoms with Gasteiger partial charge in [-0.2, -0.15) is 5.10 Å². The highest BCUT2D eigenvalue weighted by atomic mass is 35.5. The molecule has 1 aromatic heterocycles. The first-order valence-electron chi connectivity index (χ1n) is 5.51. The average molecular weight is 319 g/mol. The number of aromatic nitrogens is 2. The molecule has 0 aliphatic heterocycles. The van der Waals surface area contributed by atoms with Crippen molar-refractivity contribution < 1.29 is 12.8 Å². The van der Waals surface area contributed by atoms with Crippen molar-refractivity contribution in [3.05, 3.63) is 34.4 Å². The summed E-state index contributed by atoms with van der Waals surface area (Å²) in [6.07, 6.45) is 0. The van der Waals surface area contributed by atoms with Crippen molar-refractivity contribution in [1.82, 2.24) is 10.2 Å². The summed E-state index contributed by atoms with van der Waals surface area (Å²) in [6, 6.07) is 1.84. The molecule has 0 saturated heterocycles. The number of anilines is 2. The first-order valence-corrected chi connectivity index (χ1v) is 7.37. The highest BCUT2D eigenvalue weighted by molar-refractivity contribution is 7.92. The maximum absolute atomic E-state index is 13.2. The zero-order valence-electron chi connectivity index (χ0n) is 10.7. The van der Waals surface area contributed by atoms with Gasteiger partial charge in [0.05, 0.1) is 27.8 Å². The molecule has 0 amide bonds. The number of H-pyrrole nitrogens is 1. The Morgan fingerprint density at radius 2 is 2.05 bits per heavy atom. The highest BCUT2D eigenvalue weighted by Gasteiger charge is 2.22. The number of nitrogens with two attached hydrogens (primary N) is 1. The van der Waals surface area contributed by atoms with Crippen LogP contribution in [0.2, 0.25) is 5.02 Å². The molecular weight excluding hydrogens is 307 g/mol. The van der Waals surface area contributed by atoms with Crippen LogP contribution in [0.3, 0.4) is 0 Å². The minimum Gasteiger partial charge on any atom is -0.396 e. The first kappa shape index (κ1) is 14.6. The molecule has 1 heterocycles. The summed E-state index contributed by atoms with van der Waals surface area (Å²) < 4.78 is 40.1. The van der Waals surface area contributed by atoms with E-state index in [-0.39, 0.29) is 15.6 Å². The third-order valence-electron chi connectivity index (χ3n) is 2.71. The number of hydrogen-bond acceptors (Lipinski definition) is 4. The van der Waals surface area contributed by atoms with Crippen LogP contribution in [-0.2, 0) is 10.0 Å². The normalized spacial score (nSPS) is 11.6. The topological polar surface area (TPSA) is 101 Å². The predicted molar refractivity (Wildman–Crippen MR) is 74.7 cm³/mol. The smallest absolute Gasteiger partial charge is 0.263 e. The van der Waals surface area contributed by atoms with E-state index >= 15 is 0 Å². The Labute approximate surface area is 120 Å². The van der Waals surface area contributed by atoms with Crippen molar-refractivity contribution in [2.24, 2.45) is 0 Å². The molecule has 0 aliphatic carbocycles. The molecule has 0 radical (unpaired) electrons. The van der Waals surface area contributed by atoms with Crippen LogP contribution >= 0.6 is 11.6 Å². The van der Waals surface area contributed by atoms with Crippen LogP contribution in [0.5, 0.6) is 0 Å². The Hall–Kier alpha value is -1.80. The molecule has 108 valence electrons. The van der Waals surface area contributed by atoms with E-state index in [4.69, 9.17) is 17.3 Å². The highest BCUT2D eigenvalue weighted by Crippen LogP contribution is 2.29. The summed E-state index contributed by atoms with van der Waals surface area (Å²) in [5.74, 6) is -0.773. The number of rotatable bonds is 3. The van der Waals surface area contributed by atoms with Gasteiger partial charge in [-0.3, -0.25) is 9.82 Å². The van der Waals surface area contributed by atoms with E-state index in [0.717, 1.165) is 12.1 Å². The molecular formula is C11H12ClFN4O2S. The SMILES string of the molecule is Cc1n[nH]c(C)c1NS(=O)(=O)c1cc(N)c(F)cc1Cl. The van der Waals surface area contributed by atoms with Gasteiger partial charge in [-0.05, 0) is 26.0 Å². The third-order valence-corrected chi connectivity index (χ3v) is 4.52. The number of hydrogen-bond donors (Lipinski definition) is 3. The molecule has 9 heteroatoms. The van der Waals surface area contributed by atoms with Gasteiger partial charge in [0.2, 0.25) is 0 Å². The Morgan fingerprint density at radius 1 is 1.40 bits per heavy atom. The van der Waals surface area contributed by atoms with Gasteiger partial charge in [0.1, 0.15) is 10.7 Å². The Balaban J connectivity index is 2.49. The standard InChI is InChI=1S/C11H12ClFN4O2S/c1-5-11(6(2)16-15-5)17-20(18,19)10-4-9(14)8(13)3-7(10)12/h3-4,17H,14H2,1-2H3,(H,15,16). The van der Waals surface area contributed by atoms with Gasteiger partial charge in [0.25, 0.3) is 10.0 Å². The van der Waals surface area contributed by atoms with Crippen molar-refractivity contribution in [3.63, 3.8) is 0 Å². The fourth-order valence-corrected chi connectivity index (χ4v) is 3.37. The number of nitrogen functional groups attached to an aromatic ring is 1. The number of sulfonamides is 1. The lowest BCUT2D eigenvalue weighted by Crippen LogP contribution is -2.15. The van der Waals surface area contributed by atoms with Crippen LogP contribution in [0.25, 0.3) is 0 Å². The van der Waals surface area contributed by atoms with Crippen LogP contribution < -0.4 is 10.5 Å². The molecule has 6 nitrogen and oxygen atoms in total. The monoisotopic (exact) mass is 318 g/mol. The average Bonchev–Trinajstić information content (AvgIpc) is 2.65. The largest absolute Gasteiger partial charge is 0.396 e. The molecule has 2 rings (SSSR count). The van der Waals surface area contributed by atoms with Gasteiger partial charge in [-0.1, -0.05) is 11.6 Å². The van der Waals surface area contributed by atoms with Crippen molar-refractivity contribution in [2.45, 2.75) is 18.7 Å². The van der Waals surface area contributed by atoms with E-state index < -0.39 is 15.8 Å². The number of aryl methyl sites for hydroxylation is 2. The molecule has 1 aromatic carbocycles. The van der Waals surface area contributed by atoms with Crippen molar-refractivity contribution in [3.8, 4) is 0 Å². The maximum atomic E-state index is 13.2. The third kappa shape index (κ3) is 2.56. The van der Waals surface area contributed by atoms with Crippen molar-refractivity contribution in [1.29, 1.82) is 0 Å². The summed E-state index contributed by atoms with van der Waals surface area (Å²) in [7, 11) is -3.99. The number of nitrogens with one attached hydrogen (secondary N) is 2. The van der Waals surface area contributed by atoms with Gasteiger partial charge in [0, 0.05) is 0 Å². The minimum absolute atomic E-state index is 0.247. The lowest BCUT2D eigenvalue weighted by Gasteiger charge is -2.10. The van der Waals surface area contributed by atoms with Crippen LogP contribution in [0, 0.1) is 19.7 Å². The van der Waals surface area contributed by atoms with E-state index in [1.807, 2.05) is 0 Å². The van der Waals surface area contributed by atoms with Gasteiger partial charge in [-0.25, -0.2) is 12.8 Å². The Kier molecular flexibility index (Phi) is 3.61. The first-order chi connectivity index (χ1) is 9.22. The molecule has 0 spiro atoms. The van der Waals surface area contributed by atoms with E-state index in [0.29, 0.717) is 17.1 Å². The predicted octanol–water partition coefficient (Wildman–Crippen LogP) is 2.20. The van der Waals surface area contributed by atoms with Crippen molar-refractivity contribution >= 4 is 33.0 Å². The molecule has 0 fully saturated rings. The molecule has 0 unspecified atom stereocenters. The summed E-state index contributed by atoms with van der Waals surface area (Å²) in [5.41, 5.74) is 6.44. The van der Waals surface area contributed by atoms with Gasteiger partial charge in [0.15, 0.2) is 0 Å². The van der Waals surface area contributed by atoms with Crippen LogP contribution in [0.4, 0.5) is 15.8 Å². The summed E-state index contributed by atoms with van der Waals surface area (Å²) in [5, 5.41) is 6.28. The number of halogens is 2. The zero-order valence-corrected chi connectivity index (χ0v) is 12.2. The number of nitrogens with zero attached hydrogens (tertiary/aromatic N) is 1. The second kappa shape index (κ2) is 4.95. The summed E-state index contributed by atoms with van der Waals surface area (Å²) >= 11 is 5.77. The van der Waals surface area contributed by atoms with Crippen LogP contribution in [-0.4, -0.2) is 18.6 Å². The Morgan fingerprint density at radius 3 is 2.60 bits per heavy atom. The molecule has 0 aliphatic rings. The quantitative estimate of drug-likeness (QED) is 0.755. The summed E-state index contributed by atoms with van der Waals surface area (Å²) in [4.78, 5) is -0.293. The molecule has 0 saturated carbocycles. The van der Waals surface area contributed by atoms with Crippen molar-refractivity contribution in [2.75, 3.05) is 10.5 Å². The lowest BCUT2D eigenvalue weighted by molar-refractivity contribution is 0.600. The van der Waals surface area contributed by atoms with E-state index in [9.17, 15) is 12.8 Å². The fourth-order valence-electron chi connectivity index (χ4n) is 1.64. The molecule has 4 N–H and O–H groups in total. The number of aromatic amines is 1. The maximum Gasteiger partial charge on any atom is 0.263 e. The van der Waals surface area contributed by atoms with Crippen LogP contribution in [0.15, 0.2) is 17.0 Å². The van der Waals surface area contributed by atoms with E-state index in [2.05, 4.69) is 14.9 Å². The number of benzene rings is 1. The molecule has 0 bridgehead atoms. The fraction of sp³-hybridized carbons (Fsp3) is 0.182. The van der Waals surface area contributed by atoms with E-state index in [1.54, 1.807) is 13.8 Å². The molecule has 2 aromatic rings. The van der Waals surface area contributed by atoms with Crippen LogP contribution in [0.1, 0.15) is 11.4 Å². The Bertz CT molecular complexity index is 753. The van der Waals surface area contributed by atoms with Gasteiger partial charge >= 0.3 is 0 Å². The second-order valence-corrected chi connectivity index (χ2v) is 6.28. The lowest BCUT2D eigenvalue weighted by atomic mass is 10.3. The summed E-state index contributed by atoms with van der Waals surface area (Å²) in [6.45, 7) is 3.31. The van der Waals surface area contributed by atoms with Gasteiger partial charge < -0.3 is 5.73 Å². The van der Waals surface area contributed by atoms with Gasteiger partial charge in [-0.15, -0.1) is 0 Å².